The summed E-state index contributed by atoms with van der Waals surface area (Å²) in [6.07, 6.45) is -0.647. The van der Waals surface area contributed by atoms with Crippen LogP contribution < -0.4 is 5.32 Å². The third-order valence-corrected chi connectivity index (χ3v) is 3.09. The maximum absolute atomic E-state index is 10.6. The monoisotopic (exact) mass is 272 g/mol. The zero-order valence-electron chi connectivity index (χ0n) is 11.1. The standard InChI is InChI=1S/C15H16N2O3/c1-11(15(18)12-5-3-2-4-6-12)16-13-7-9-14(10-8-13)17(19)20/h2-11,15-16,18H,1H3. The molecule has 0 bridgehead atoms. The molecular formula is C15H16N2O3. The van der Waals surface area contributed by atoms with Crippen LogP contribution in [0, 0.1) is 10.1 Å². The van der Waals surface area contributed by atoms with E-state index < -0.39 is 11.0 Å². The van der Waals surface area contributed by atoms with E-state index in [4.69, 9.17) is 0 Å². The van der Waals surface area contributed by atoms with E-state index in [1.54, 1.807) is 12.1 Å². The first kappa shape index (κ1) is 14.0. The van der Waals surface area contributed by atoms with E-state index in [2.05, 4.69) is 5.32 Å². The van der Waals surface area contributed by atoms with Gasteiger partial charge in [0.25, 0.3) is 5.69 Å². The molecule has 0 heterocycles. The minimum absolute atomic E-state index is 0.0480. The van der Waals surface area contributed by atoms with E-state index in [1.165, 1.54) is 12.1 Å². The molecule has 5 nitrogen and oxygen atoms in total. The van der Waals surface area contributed by atoms with Crippen LogP contribution in [0.25, 0.3) is 0 Å². The lowest BCUT2D eigenvalue weighted by Gasteiger charge is -2.21. The molecule has 0 saturated heterocycles. The second-order valence-corrected chi connectivity index (χ2v) is 4.59. The summed E-state index contributed by atoms with van der Waals surface area (Å²) in [6, 6.07) is 15.3. The van der Waals surface area contributed by atoms with Crippen LogP contribution in [0.2, 0.25) is 0 Å². The first-order valence-electron chi connectivity index (χ1n) is 6.32. The first-order chi connectivity index (χ1) is 9.58. The Labute approximate surface area is 117 Å². The highest BCUT2D eigenvalue weighted by molar-refractivity contribution is 5.49. The second-order valence-electron chi connectivity index (χ2n) is 4.59. The van der Waals surface area contributed by atoms with Gasteiger partial charge in [-0.3, -0.25) is 10.1 Å². The molecule has 0 aromatic heterocycles. The average Bonchev–Trinajstić information content (AvgIpc) is 2.48. The molecule has 0 fully saturated rings. The number of hydrogen-bond acceptors (Lipinski definition) is 4. The number of anilines is 1. The lowest BCUT2D eigenvalue weighted by molar-refractivity contribution is -0.384. The number of aliphatic hydroxyl groups excluding tert-OH is 1. The lowest BCUT2D eigenvalue weighted by Crippen LogP contribution is -2.23. The molecule has 0 aliphatic carbocycles. The van der Waals surface area contributed by atoms with Gasteiger partial charge in [-0.1, -0.05) is 30.3 Å². The quantitative estimate of drug-likeness (QED) is 0.647. The summed E-state index contributed by atoms with van der Waals surface area (Å²) in [4.78, 5) is 10.1. The molecule has 2 aromatic carbocycles. The van der Waals surface area contributed by atoms with Crippen LogP contribution in [-0.4, -0.2) is 16.1 Å². The number of rotatable bonds is 5. The Balaban J connectivity index is 2.04. The average molecular weight is 272 g/mol. The number of nitro benzene ring substituents is 1. The molecule has 104 valence electrons. The van der Waals surface area contributed by atoms with Crippen molar-refractivity contribution in [2.45, 2.75) is 19.1 Å². The second kappa shape index (κ2) is 6.16. The Bertz CT molecular complexity index is 569. The summed E-state index contributed by atoms with van der Waals surface area (Å²) in [5, 5.41) is 23.9. The number of nitrogens with zero attached hydrogens (tertiary/aromatic N) is 1. The summed E-state index contributed by atoms with van der Waals surface area (Å²) in [6.45, 7) is 1.86. The fourth-order valence-electron chi connectivity index (χ4n) is 1.96. The maximum Gasteiger partial charge on any atom is 0.269 e. The van der Waals surface area contributed by atoms with Crippen molar-refractivity contribution in [3.8, 4) is 0 Å². The van der Waals surface area contributed by atoms with Crippen LogP contribution in [0.15, 0.2) is 54.6 Å². The Hall–Kier alpha value is -2.40. The summed E-state index contributed by atoms with van der Waals surface area (Å²) < 4.78 is 0. The van der Waals surface area contributed by atoms with Crippen molar-refractivity contribution in [2.24, 2.45) is 0 Å². The minimum Gasteiger partial charge on any atom is -0.386 e. The number of aliphatic hydroxyl groups is 1. The van der Waals surface area contributed by atoms with Gasteiger partial charge >= 0.3 is 0 Å². The van der Waals surface area contributed by atoms with Crippen LogP contribution in [-0.2, 0) is 0 Å². The molecule has 5 heteroatoms. The number of non-ortho nitro benzene ring substituents is 1. The fourth-order valence-corrected chi connectivity index (χ4v) is 1.96. The van der Waals surface area contributed by atoms with Crippen molar-refractivity contribution >= 4 is 11.4 Å². The molecule has 0 saturated carbocycles. The Morgan fingerprint density at radius 2 is 1.70 bits per heavy atom. The molecule has 0 spiro atoms. The number of nitro groups is 1. The third kappa shape index (κ3) is 3.33. The van der Waals surface area contributed by atoms with E-state index in [1.807, 2.05) is 37.3 Å². The smallest absolute Gasteiger partial charge is 0.269 e. The van der Waals surface area contributed by atoms with Gasteiger partial charge in [0.05, 0.1) is 17.1 Å². The van der Waals surface area contributed by atoms with Crippen LogP contribution in [0.3, 0.4) is 0 Å². The zero-order chi connectivity index (χ0) is 14.5. The molecule has 2 rings (SSSR count). The summed E-state index contributed by atoms with van der Waals surface area (Å²) in [7, 11) is 0. The van der Waals surface area contributed by atoms with Crippen molar-refractivity contribution in [1.29, 1.82) is 0 Å². The SMILES string of the molecule is CC(Nc1ccc([N+](=O)[O-])cc1)C(O)c1ccccc1. The van der Waals surface area contributed by atoms with Gasteiger partial charge in [0, 0.05) is 17.8 Å². The molecule has 20 heavy (non-hydrogen) atoms. The highest BCUT2D eigenvalue weighted by Crippen LogP contribution is 2.21. The van der Waals surface area contributed by atoms with Crippen LogP contribution >= 0.6 is 0 Å². The van der Waals surface area contributed by atoms with Crippen molar-refractivity contribution in [1.82, 2.24) is 0 Å². The van der Waals surface area contributed by atoms with Gasteiger partial charge in [-0.05, 0) is 24.6 Å². The normalized spacial score (nSPS) is 13.5. The molecule has 0 amide bonds. The van der Waals surface area contributed by atoms with Crippen LogP contribution in [0.5, 0.6) is 0 Å². The largest absolute Gasteiger partial charge is 0.386 e. The Morgan fingerprint density at radius 1 is 1.10 bits per heavy atom. The molecule has 2 N–H and O–H groups in total. The van der Waals surface area contributed by atoms with Crippen molar-refractivity contribution in [2.75, 3.05) is 5.32 Å². The molecule has 0 aliphatic rings. The molecule has 2 atom stereocenters. The number of nitrogens with one attached hydrogen (secondary N) is 1. The molecular weight excluding hydrogens is 256 g/mol. The molecule has 2 unspecified atom stereocenters. The van der Waals surface area contributed by atoms with Gasteiger partial charge in [0.15, 0.2) is 0 Å². The lowest BCUT2D eigenvalue weighted by atomic mass is 10.0. The van der Waals surface area contributed by atoms with Crippen molar-refractivity contribution < 1.29 is 10.0 Å². The van der Waals surface area contributed by atoms with E-state index >= 15 is 0 Å². The van der Waals surface area contributed by atoms with E-state index in [9.17, 15) is 15.2 Å². The van der Waals surface area contributed by atoms with E-state index in [-0.39, 0.29) is 11.7 Å². The minimum atomic E-state index is -0.647. The highest BCUT2D eigenvalue weighted by Gasteiger charge is 2.16. The van der Waals surface area contributed by atoms with Gasteiger partial charge in [0.2, 0.25) is 0 Å². The van der Waals surface area contributed by atoms with Crippen LogP contribution in [0.1, 0.15) is 18.6 Å². The first-order valence-corrected chi connectivity index (χ1v) is 6.32. The predicted molar refractivity (Wildman–Crippen MR) is 77.6 cm³/mol. The van der Waals surface area contributed by atoms with Crippen molar-refractivity contribution in [3.63, 3.8) is 0 Å². The summed E-state index contributed by atoms with van der Waals surface area (Å²) in [5.74, 6) is 0. The number of benzene rings is 2. The molecule has 0 radical (unpaired) electrons. The van der Waals surface area contributed by atoms with Gasteiger partial charge in [0.1, 0.15) is 0 Å². The molecule has 2 aromatic rings. The van der Waals surface area contributed by atoms with Crippen LogP contribution in [0.4, 0.5) is 11.4 Å². The van der Waals surface area contributed by atoms with Gasteiger partial charge in [-0.25, -0.2) is 0 Å². The van der Waals surface area contributed by atoms with Gasteiger partial charge in [-0.15, -0.1) is 0 Å². The topological polar surface area (TPSA) is 75.4 Å². The predicted octanol–water partition coefficient (Wildman–Crippen LogP) is 3.13. The Morgan fingerprint density at radius 3 is 2.25 bits per heavy atom. The third-order valence-electron chi connectivity index (χ3n) is 3.09. The fraction of sp³-hybridized carbons (Fsp3) is 0.200. The number of hydrogen-bond donors (Lipinski definition) is 2. The zero-order valence-corrected chi connectivity index (χ0v) is 11.1. The Kier molecular flexibility index (Phi) is 4.32. The molecule has 0 aliphatic heterocycles. The summed E-state index contributed by atoms with van der Waals surface area (Å²) in [5.41, 5.74) is 1.61. The van der Waals surface area contributed by atoms with E-state index in [0.717, 1.165) is 11.3 Å². The highest BCUT2D eigenvalue weighted by atomic mass is 16.6. The summed E-state index contributed by atoms with van der Waals surface area (Å²) >= 11 is 0. The maximum atomic E-state index is 10.6. The van der Waals surface area contributed by atoms with Gasteiger partial charge < -0.3 is 10.4 Å². The van der Waals surface area contributed by atoms with Crippen molar-refractivity contribution in [3.05, 3.63) is 70.3 Å². The van der Waals surface area contributed by atoms with Gasteiger partial charge in [-0.2, -0.15) is 0 Å². The van der Waals surface area contributed by atoms with E-state index in [0.29, 0.717) is 0 Å².